The molecule has 3 rings (SSSR count). The van der Waals surface area contributed by atoms with Gasteiger partial charge in [-0.1, -0.05) is 0 Å². The molecule has 2 heterocycles. The lowest BCUT2D eigenvalue weighted by Gasteiger charge is -2.32. The Balaban J connectivity index is 0.00000261. The molecule has 0 radical (unpaired) electrons. The van der Waals surface area contributed by atoms with E-state index in [1.54, 1.807) is 0 Å². The van der Waals surface area contributed by atoms with E-state index >= 15 is 0 Å². The van der Waals surface area contributed by atoms with E-state index in [0.29, 0.717) is 38.8 Å². The number of halogens is 2. The van der Waals surface area contributed by atoms with Crippen LogP contribution in [0.3, 0.4) is 0 Å². The minimum absolute atomic E-state index is 0. The van der Waals surface area contributed by atoms with Crippen LogP contribution in [-0.2, 0) is 14.8 Å². The Labute approximate surface area is 166 Å². The second-order valence-corrected chi connectivity index (χ2v) is 9.17. The first-order chi connectivity index (χ1) is 12.4. The van der Waals surface area contributed by atoms with Gasteiger partial charge in [0.15, 0.2) is 11.6 Å². The topological polar surface area (TPSA) is 81.9 Å². The minimum Gasteiger partial charge on any atom is -0.490 e. The summed E-state index contributed by atoms with van der Waals surface area (Å²) in [5, 5.41) is 0. The normalized spacial score (nSPS) is 23.0. The van der Waals surface area contributed by atoms with Crippen LogP contribution in [0.4, 0.5) is 4.39 Å². The molecule has 0 aromatic heterocycles. The number of hydrogen-bond acceptors (Lipinski definition) is 5. The van der Waals surface area contributed by atoms with E-state index in [1.807, 2.05) is 6.92 Å². The summed E-state index contributed by atoms with van der Waals surface area (Å²) in [7, 11) is -3.70. The van der Waals surface area contributed by atoms with Crippen LogP contribution in [0, 0.1) is 17.7 Å². The molecule has 6 nitrogen and oxygen atoms in total. The van der Waals surface area contributed by atoms with Crippen molar-refractivity contribution in [3.05, 3.63) is 24.0 Å². The van der Waals surface area contributed by atoms with Gasteiger partial charge in [0.2, 0.25) is 10.0 Å². The molecule has 2 aliphatic rings. The van der Waals surface area contributed by atoms with Crippen LogP contribution < -0.4 is 10.5 Å². The van der Waals surface area contributed by atoms with Gasteiger partial charge in [-0.15, -0.1) is 12.4 Å². The van der Waals surface area contributed by atoms with Gasteiger partial charge in [-0.05, 0) is 50.3 Å². The Hall–Kier alpha value is -0.930. The molecule has 0 amide bonds. The van der Waals surface area contributed by atoms with Crippen molar-refractivity contribution < 1.29 is 22.3 Å². The summed E-state index contributed by atoms with van der Waals surface area (Å²) in [4.78, 5) is -0.0363. The Morgan fingerprint density at radius 3 is 2.59 bits per heavy atom. The fourth-order valence-corrected chi connectivity index (χ4v) is 4.95. The molecule has 2 saturated heterocycles. The summed E-state index contributed by atoms with van der Waals surface area (Å²) in [5.41, 5.74) is 5.90. The standard InChI is InChI=1S/C18H27FN2O4S.ClH/c1-13(20)15-4-7-21(8-5-15)26(22,23)16-2-3-18(17(19)10-16)25-12-14-6-9-24-11-14;/h2-3,10,13-15H,4-9,11-12,20H2,1H3;1H. The molecule has 0 aliphatic carbocycles. The number of hydrogen-bond donors (Lipinski definition) is 1. The third-order valence-corrected chi connectivity index (χ3v) is 7.18. The van der Waals surface area contributed by atoms with Crippen LogP contribution in [-0.4, -0.2) is 51.7 Å². The Kier molecular flexibility index (Phi) is 7.88. The van der Waals surface area contributed by atoms with Crippen molar-refractivity contribution in [1.82, 2.24) is 4.31 Å². The number of rotatable bonds is 6. The number of nitrogens with two attached hydrogens (primary N) is 1. The highest BCUT2D eigenvalue weighted by molar-refractivity contribution is 7.89. The number of piperidine rings is 1. The SMILES string of the molecule is CC(N)C1CCN(S(=O)(=O)c2ccc(OCC3CCOC3)c(F)c2)CC1.Cl. The lowest BCUT2D eigenvalue weighted by atomic mass is 9.92. The van der Waals surface area contributed by atoms with Crippen molar-refractivity contribution in [2.75, 3.05) is 32.9 Å². The zero-order valence-electron chi connectivity index (χ0n) is 15.5. The van der Waals surface area contributed by atoms with E-state index in [4.69, 9.17) is 15.2 Å². The van der Waals surface area contributed by atoms with E-state index in [0.717, 1.165) is 25.3 Å². The largest absolute Gasteiger partial charge is 0.490 e. The van der Waals surface area contributed by atoms with Crippen LogP contribution in [0.5, 0.6) is 5.75 Å². The van der Waals surface area contributed by atoms with Gasteiger partial charge in [0.25, 0.3) is 0 Å². The molecular weight excluding hydrogens is 395 g/mol. The number of benzene rings is 1. The third-order valence-electron chi connectivity index (χ3n) is 5.28. The smallest absolute Gasteiger partial charge is 0.243 e. The number of nitrogens with zero attached hydrogens (tertiary/aromatic N) is 1. The van der Waals surface area contributed by atoms with Crippen molar-refractivity contribution in [1.29, 1.82) is 0 Å². The van der Waals surface area contributed by atoms with Crippen molar-refractivity contribution >= 4 is 22.4 Å². The fourth-order valence-electron chi connectivity index (χ4n) is 3.47. The molecule has 2 aliphatic heterocycles. The lowest BCUT2D eigenvalue weighted by Crippen LogP contribution is -2.42. The van der Waals surface area contributed by atoms with Crippen LogP contribution in [0.25, 0.3) is 0 Å². The highest BCUT2D eigenvalue weighted by Gasteiger charge is 2.31. The predicted molar refractivity (Wildman–Crippen MR) is 103 cm³/mol. The molecule has 2 fully saturated rings. The molecule has 2 unspecified atom stereocenters. The monoisotopic (exact) mass is 422 g/mol. The maximum atomic E-state index is 14.3. The molecule has 0 spiro atoms. The first-order valence-electron chi connectivity index (χ1n) is 9.13. The maximum absolute atomic E-state index is 14.3. The van der Waals surface area contributed by atoms with Crippen LogP contribution in [0.15, 0.2) is 23.1 Å². The van der Waals surface area contributed by atoms with E-state index in [-0.39, 0.29) is 35.0 Å². The molecule has 1 aromatic carbocycles. The molecule has 0 bridgehead atoms. The highest BCUT2D eigenvalue weighted by atomic mass is 35.5. The molecule has 1 aromatic rings. The van der Waals surface area contributed by atoms with Gasteiger partial charge in [-0.25, -0.2) is 12.8 Å². The minimum atomic E-state index is -3.70. The summed E-state index contributed by atoms with van der Waals surface area (Å²) in [6.45, 7) is 4.46. The van der Waals surface area contributed by atoms with Crippen LogP contribution in [0.2, 0.25) is 0 Å². The van der Waals surface area contributed by atoms with E-state index < -0.39 is 15.8 Å². The predicted octanol–water partition coefficient (Wildman–Crippen LogP) is 2.41. The van der Waals surface area contributed by atoms with Crippen molar-refractivity contribution in [2.24, 2.45) is 17.6 Å². The summed E-state index contributed by atoms with van der Waals surface area (Å²) in [6.07, 6.45) is 2.35. The molecule has 0 saturated carbocycles. The zero-order valence-corrected chi connectivity index (χ0v) is 17.1. The first-order valence-corrected chi connectivity index (χ1v) is 10.6. The van der Waals surface area contributed by atoms with Gasteiger partial charge in [0.05, 0.1) is 18.1 Å². The van der Waals surface area contributed by atoms with Gasteiger partial charge in [-0.3, -0.25) is 0 Å². The highest BCUT2D eigenvalue weighted by Crippen LogP contribution is 2.28. The van der Waals surface area contributed by atoms with Crippen molar-refractivity contribution in [2.45, 2.75) is 37.1 Å². The number of sulfonamides is 1. The van der Waals surface area contributed by atoms with Crippen molar-refractivity contribution in [3.8, 4) is 5.75 Å². The maximum Gasteiger partial charge on any atom is 0.243 e. The third kappa shape index (κ3) is 5.32. The van der Waals surface area contributed by atoms with Gasteiger partial charge < -0.3 is 15.2 Å². The Bertz CT molecular complexity index is 718. The van der Waals surface area contributed by atoms with Crippen LogP contribution in [0.1, 0.15) is 26.2 Å². The first kappa shape index (κ1) is 22.4. The second-order valence-electron chi connectivity index (χ2n) is 7.23. The average Bonchev–Trinajstić information content (AvgIpc) is 3.14. The van der Waals surface area contributed by atoms with Gasteiger partial charge in [0.1, 0.15) is 0 Å². The Morgan fingerprint density at radius 2 is 2.04 bits per heavy atom. The van der Waals surface area contributed by atoms with Crippen molar-refractivity contribution in [3.63, 3.8) is 0 Å². The van der Waals surface area contributed by atoms with E-state index in [1.165, 1.54) is 16.4 Å². The summed E-state index contributed by atoms with van der Waals surface area (Å²) in [6, 6.07) is 3.91. The molecule has 2 atom stereocenters. The summed E-state index contributed by atoms with van der Waals surface area (Å²) in [5.74, 6) is -0.000424. The van der Waals surface area contributed by atoms with Gasteiger partial charge in [0, 0.05) is 31.7 Å². The molecule has 9 heteroatoms. The quantitative estimate of drug-likeness (QED) is 0.761. The van der Waals surface area contributed by atoms with Crippen LogP contribution >= 0.6 is 12.4 Å². The summed E-state index contributed by atoms with van der Waals surface area (Å²) >= 11 is 0. The van der Waals surface area contributed by atoms with Gasteiger partial charge >= 0.3 is 0 Å². The Morgan fingerprint density at radius 1 is 1.33 bits per heavy atom. The summed E-state index contributed by atoms with van der Waals surface area (Å²) < 4.78 is 52.0. The lowest BCUT2D eigenvalue weighted by molar-refractivity contribution is 0.165. The zero-order chi connectivity index (χ0) is 18.7. The molecular formula is C18H28ClFN2O4S. The second kappa shape index (κ2) is 9.52. The average molecular weight is 423 g/mol. The fraction of sp³-hybridized carbons (Fsp3) is 0.667. The van der Waals surface area contributed by atoms with E-state index in [9.17, 15) is 12.8 Å². The molecule has 154 valence electrons. The molecule has 2 N–H and O–H groups in total. The number of ether oxygens (including phenoxy) is 2. The van der Waals surface area contributed by atoms with E-state index in [2.05, 4.69) is 0 Å². The molecule has 27 heavy (non-hydrogen) atoms. The van der Waals surface area contributed by atoms with Gasteiger partial charge in [-0.2, -0.15) is 4.31 Å².